The first kappa shape index (κ1) is 22.2. The number of aryl methyl sites for hydroxylation is 2. The van der Waals surface area contributed by atoms with Gasteiger partial charge in [0.2, 0.25) is 0 Å². The average Bonchev–Trinajstić information content (AvgIpc) is 2.76. The zero-order chi connectivity index (χ0) is 22.2. The second kappa shape index (κ2) is 10.5. The molecule has 6 nitrogen and oxygen atoms in total. The van der Waals surface area contributed by atoms with Crippen LogP contribution in [0.4, 0.5) is 5.69 Å². The van der Waals surface area contributed by atoms with Crippen molar-refractivity contribution in [1.82, 2.24) is 5.43 Å². The largest absolute Gasteiger partial charge is 0.483 e. The summed E-state index contributed by atoms with van der Waals surface area (Å²) in [6, 6.07) is 19.8. The lowest BCUT2D eigenvalue weighted by Gasteiger charge is -2.10. The van der Waals surface area contributed by atoms with Gasteiger partial charge in [0.15, 0.2) is 6.61 Å². The molecule has 0 aliphatic rings. The SMILES string of the molecule is Cc1ccc(NC(=O)COc2ccccc2/C=N/NC(=O)c2ccc(Br)cc2)cc1C. The molecule has 0 bridgehead atoms. The smallest absolute Gasteiger partial charge is 0.271 e. The van der Waals surface area contributed by atoms with Crippen LogP contribution in [0, 0.1) is 13.8 Å². The van der Waals surface area contributed by atoms with E-state index in [2.05, 4.69) is 31.8 Å². The van der Waals surface area contributed by atoms with E-state index in [9.17, 15) is 9.59 Å². The van der Waals surface area contributed by atoms with Gasteiger partial charge in [-0.05, 0) is 73.5 Å². The molecule has 0 atom stereocenters. The maximum absolute atomic E-state index is 12.2. The van der Waals surface area contributed by atoms with E-state index in [0.717, 1.165) is 21.3 Å². The minimum atomic E-state index is -0.324. The Morgan fingerprint density at radius 3 is 2.48 bits per heavy atom. The van der Waals surface area contributed by atoms with Crippen LogP contribution in [0.5, 0.6) is 5.75 Å². The van der Waals surface area contributed by atoms with Crippen molar-refractivity contribution in [1.29, 1.82) is 0 Å². The number of nitrogens with one attached hydrogen (secondary N) is 2. The number of halogens is 1. The molecule has 0 aliphatic heterocycles. The molecule has 0 spiro atoms. The van der Waals surface area contributed by atoms with Crippen LogP contribution in [-0.2, 0) is 4.79 Å². The Morgan fingerprint density at radius 1 is 1.00 bits per heavy atom. The van der Waals surface area contributed by atoms with E-state index < -0.39 is 0 Å². The Morgan fingerprint density at radius 2 is 1.74 bits per heavy atom. The predicted molar refractivity (Wildman–Crippen MR) is 126 cm³/mol. The summed E-state index contributed by atoms with van der Waals surface area (Å²) in [5, 5.41) is 6.82. The fourth-order valence-electron chi connectivity index (χ4n) is 2.70. The fourth-order valence-corrected chi connectivity index (χ4v) is 2.97. The standard InChI is InChI=1S/C24H22BrN3O3/c1-16-7-12-21(13-17(16)2)27-23(29)15-31-22-6-4-3-5-19(22)14-26-28-24(30)18-8-10-20(25)11-9-18/h3-14H,15H2,1-2H3,(H,27,29)(H,28,30)/b26-14+. The lowest BCUT2D eigenvalue weighted by Crippen LogP contribution is -2.20. The van der Waals surface area contributed by atoms with Crippen molar-refractivity contribution in [2.45, 2.75) is 13.8 Å². The van der Waals surface area contributed by atoms with Crippen molar-refractivity contribution in [3.8, 4) is 5.75 Å². The number of amides is 2. The van der Waals surface area contributed by atoms with Gasteiger partial charge in [-0.3, -0.25) is 9.59 Å². The van der Waals surface area contributed by atoms with Gasteiger partial charge in [0.1, 0.15) is 5.75 Å². The normalized spacial score (nSPS) is 10.7. The summed E-state index contributed by atoms with van der Waals surface area (Å²) in [6.45, 7) is 3.86. The van der Waals surface area contributed by atoms with Crippen LogP contribution in [0.2, 0.25) is 0 Å². The predicted octanol–water partition coefficient (Wildman–Crippen LogP) is 4.85. The Balaban J connectivity index is 1.57. The highest BCUT2D eigenvalue weighted by Gasteiger charge is 2.08. The lowest BCUT2D eigenvalue weighted by atomic mass is 10.1. The molecule has 3 aromatic rings. The number of hydrogen-bond donors (Lipinski definition) is 2. The molecule has 2 amide bonds. The number of para-hydroxylation sites is 1. The number of hydrogen-bond acceptors (Lipinski definition) is 4. The highest BCUT2D eigenvalue weighted by atomic mass is 79.9. The third-order valence-electron chi connectivity index (χ3n) is 4.54. The maximum Gasteiger partial charge on any atom is 0.271 e. The summed E-state index contributed by atoms with van der Waals surface area (Å²) in [5.41, 5.74) is 6.60. The van der Waals surface area contributed by atoms with Crippen LogP contribution in [0.1, 0.15) is 27.0 Å². The van der Waals surface area contributed by atoms with Gasteiger partial charge in [-0.15, -0.1) is 0 Å². The zero-order valence-electron chi connectivity index (χ0n) is 17.2. The van der Waals surface area contributed by atoms with Crippen molar-refractivity contribution >= 4 is 39.6 Å². The van der Waals surface area contributed by atoms with Gasteiger partial charge in [0.25, 0.3) is 11.8 Å². The molecule has 158 valence electrons. The molecule has 0 radical (unpaired) electrons. The fraction of sp³-hybridized carbons (Fsp3) is 0.125. The molecule has 0 unspecified atom stereocenters. The topological polar surface area (TPSA) is 79.8 Å². The van der Waals surface area contributed by atoms with E-state index in [4.69, 9.17) is 4.74 Å². The van der Waals surface area contributed by atoms with E-state index in [0.29, 0.717) is 16.9 Å². The maximum atomic E-state index is 12.2. The molecule has 3 rings (SSSR count). The van der Waals surface area contributed by atoms with E-state index in [-0.39, 0.29) is 18.4 Å². The highest BCUT2D eigenvalue weighted by molar-refractivity contribution is 9.10. The number of ether oxygens (including phenoxy) is 1. The molecule has 0 saturated carbocycles. The number of nitrogens with zero attached hydrogens (tertiary/aromatic N) is 1. The Bertz CT molecular complexity index is 1110. The van der Waals surface area contributed by atoms with E-state index in [1.54, 1.807) is 42.5 Å². The molecular weight excluding hydrogens is 458 g/mol. The summed E-state index contributed by atoms with van der Waals surface area (Å²) in [7, 11) is 0. The van der Waals surface area contributed by atoms with Gasteiger partial charge in [-0.2, -0.15) is 5.10 Å². The quantitative estimate of drug-likeness (QED) is 0.375. The van der Waals surface area contributed by atoms with Gasteiger partial charge in [0, 0.05) is 21.3 Å². The average molecular weight is 480 g/mol. The lowest BCUT2D eigenvalue weighted by molar-refractivity contribution is -0.118. The number of anilines is 1. The third-order valence-corrected chi connectivity index (χ3v) is 5.07. The van der Waals surface area contributed by atoms with E-state index in [1.165, 1.54) is 6.21 Å². The van der Waals surface area contributed by atoms with Crippen LogP contribution in [-0.4, -0.2) is 24.6 Å². The number of rotatable bonds is 7. The van der Waals surface area contributed by atoms with Gasteiger partial charge < -0.3 is 10.1 Å². The molecule has 7 heteroatoms. The number of carbonyl (C=O) groups excluding carboxylic acids is 2. The molecule has 0 aliphatic carbocycles. The summed E-state index contributed by atoms with van der Waals surface area (Å²) in [4.78, 5) is 24.4. The van der Waals surface area contributed by atoms with Crippen molar-refractivity contribution in [3.63, 3.8) is 0 Å². The van der Waals surface area contributed by atoms with Gasteiger partial charge >= 0.3 is 0 Å². The van der Waals surface area contributed by atoms with Crippen molar-refractivity contribution in [2.24, 2.45) is 5.10 Å². The summed E-state index contributed by atoms with van der Waals surface area (Å²) in [5.74, 6) is -0.104. The van der Waals surface area contributed by atoms with Crippen LogP contribution >= 0.6 is 15.9 Å². The Kier molecular flexibility index (Phi) is 7.56. The minimum absolute atomic E-state index is 0.150. The minimum Gasteiger partial charge on any atom is -0.483 e. The molecule has 2 N–H and O–H groups in total. The van der Waals surface area contributed by atoms with Crippen LogP contribution in [0.25, 0.3) is 0 Å². The van der Waals surface area contributed by atoms with Crippen molar-refractivity contribution in [3.05, 3.63) is 93.5 Å². The molecule has 0 saturated heterocycles. The molecular formula is C24H22BrN3O3. The molecule has 3 aromatic carbocycles. The van der Waals surface area contributed by atoms with Crippen LogP contribution in [0.3, 0.4) is 0 Å². The second-order valence-corrected chi connectivity index (χ2v) is 7.80. The van der Waals surface area contributed by atoms with Crippen LogP contribution < -0.4 is 15.5 Å². The summed E-state index contributed by atoms with van der Waals surface area (Å²) >= 11 is 3.33. The van der Waals surface area contributed by atoms with Gasteiger partial charge in [0.05, 0.1) is 6.21 Å². The number of carbonyl (C=O) groups is 2. The molecule has 31 heavy (non-hydrogen) atoms. The molecule has 0 heterocycles. The van der Waals surface area contributed by atoms with E-state index in [1.807, 2.05) is 38.1 Å². The second-order valence-electron chi connectivity index (χ2n) is 6.88. The van der Waals surface area contributed by atoms with Crippen molar-refractivity contribution in [2.75, 3.05) is 11.9 Å². The van der Waals surface area contributed by atoms with E-state index >= 15 is 0 Å². The third kappa shape index (κ3) is 6.52. The molecule has 0 fully saturated rings. The highest BCUT2D eigenvalue weighted by Crippen LogP contribution is 2.17. The first-order chi connectivity index (χ1) is 14.9. The first-order valence-electron chi connectivity index (χ1n) is 9.60. The first-order valence-corrected chi connectivity index (χ1v) is 10.4. The Hall–Kier alpha value is -3.45. The van der Waals surface area contributed by atoms with Gasteiger partial charge in [-0.1, -0.05) is 34.1 Å². The Labute approximate surface area is 189 Å². The van der Waals surface area contributed by atoms with Crippen LogP contribution in [0.15, 0.2) is 76.3 Å². The zero-order valence-corrected chi connectivity index (χ0v) is 18.8. The monoisotopic (exact) mass is 479 g/mol. The van der Waals surface area contributed by atoms with Gasteiger partial charge in [-0.25, -0.2) is 5.43 Å². The number of hydrazone groups is 1. The summed E-state index contributed by atoms with van der Waals surface area (Å²) < 4.78 is 6.55. The summed E-state index contributed by atoms with van der Waals surface area (Å²) in [6.07, 6.45) is 1.48. The molecule has 0 aromatic heterocycles. The van der Waals surface area contributed by atoms with Crippen molar-refractivity contribution < 1.29 is 14.3 Å². The number of benzene rings is 3.